The van der Waals surface area contributed by atoms with Crippen LogP contribution in [0, 0.1) is 0 Å². The number of ether oxygens (including phenoxy) is 2. The third-order valence-corrected chi connectivity index (χ3v) is 5.37. The minimum absolute atomic E-state index is 0.0604. The average molecular weight is 432 g/mol. The van der Waals surface area contributed by atoms with E-state index in [1.807, 2.05) is 20.8 Å². The van der Waals surface area contributed by atoms with Crippen LogP contribution in [0.2, 0.25) is 0 Å². The van der Waals surface area contributed by atoms with Crippen molar-refractivity contribution in [2.75, 3.05) is 46.4 Å². The zero-order chi connectivity index (χ0) is 22.3. The number of nitrogens with one attached hydrogen (secondary N) is 2. The maximum absolute atomic E-state index is 12.0. The molecule has 1 unspecified atom stereocenters. The van der Waals surface area contributed by atoms with Crippen LogP contribution in [0.4, 0.5) is 4.79 Å². The third-order valence-electron chi connectivity index (χ3n) is 5.37. The fourth-order valence-electron chi connectivity index (χ4n) is 3.91. The minimum atomic E-state index is -0.490. The highest BCUT2D eigenvalue weighted by Gasteiger charge is 2.27. The molecule has 2 N–H and O–H groups in total. The molecule has 8 heteroatoms. The first-order chi connectivity index (χ1) is 14.8. The van der Waals surface area contributed by atoms with Gasteiger partial charge in [0.1, 0.15) is 5.60 Å². The van der Waals surface area contributed by atoms with Crippen molar-refractivity contribution in [1.29, 1.82) is 0 Å². The summed E-state index contributed by atoms with van der Waals surface area (Å²) in [6.07, 6.45) is 0.508. The Morgan fingerprint density at radius 2 is 1.97 bits per heavy atom. The molecule has 8 nitrogen and oxygen atoms in total. The van der Waals surface area contributed by atoms with Crippen molar-refractivity contribution in [2.24, 2.45) is 4.99 Å². The molecular formula is C23H37N5O3. The van der Waals surface area contributed by atoms with Gasteiger partial charge >= 0.3 is 6.09 Å². The van der Waals surface area contributed by atoms with Crippen LogP contribution in [-0.2, 0) is 22.6 Å². The number of carbonyl (C=O) groups is 1. The van der Waals surface area contributed by atoms with Crippen LogP contribution in [-0.4, -0.2) is 79.9 Å². The fraction of sp³-hybridized carbons (Fsp3) is 0.652. The van der Waals surface area contributed by atoms with Crippen molar-refractivity contribution < 1.29 is 14.3 Å². The summed E-state index contributed by atoms with van der Waals surface area (Å²) in [6.45, 7) is 12.5. The molecule has 2 aliphatic rings. The average Bonchev–Trinajstić information content (AvgIpc) is 3.16. The Balaban J connectivity index is 1.47. The van der Waals surface area contributed by atoms with Crippen LogP contribution in [0.3, 0.4) is 0 Å². The Morgan fingerprint density at radius 3 is 2.68 bits per heavy atom. The van der Waals surface area contributed by atoms with E-state index in [1.54, 1.807) is 7.05 Å². The van der Waals surface area contributed by atoms with Gasteiger partial charge in [0, 0.05) is 46.3 Å². The molecule has 2 aliphatic heterocycles. The molecule has 2 fully saturated rings. The first kappa shape index (κ1) is 23.3. The third kappa shape index (κ3) is 7.70. The number of hydrogen-bond donors (Lipinski definition) is 2. The molecule has 2 heterocycles. The van der Waals surface area contributed by atoms with E-state index in [4.69, 9.17) is 9.47 Å². The number of alkyl carbamates (subject to hydrolysis) is 1. The first-order valence-corrected chi connectivity index (χ1v) is 11.2. The lowest BCUT2D eigenvalue weighted by Gasteiger charge is -2.26. The van der Waals surface area contributed by atoms with E-state index in [1.165, 1.54) is 11.1 Å². The molecule has 1 aromatic carbocycles. The van der Waals surface area contributed by atoms with E-state index in [2.05, 4.69) is 49.7 Å². The second-order valence-electron chi connectivity index (χ2n) is 9.19. The van der Waals surface area contributed by atoms with Gasteiger partial charge < -0.3 is 25.0 Å². The summed E-state index contributed by atoms with van der Waals surface area (Å²) in [6, 6.07) is 8.75. The van der Waals surface area contributed by atoms with Gasteiger partial charge in [-0.3, -0.25) is 9.89 Å². The Hall–Kier alpha value is -2.32. The van der Waals surface area contributed by atoms with Crippen molar-refractivity contribution in [3.05, 3.63) is 35.4 Å². The Morgan fingerprint density at radius 1 is 1.23 bits per heavy atom. The molecule has 31 heavy (non-hydrogen) atoms. The Labute approximate surface area is 186 Å². The maximum atomic E-state index is 12.0. The van der Waals surface area contributed by atoms with Gasteiger partial charge in [-0.25, -0.2) is 4.79 Å². The summed E-state index contributed by atoms with van der Waals surface area (Å²) < 4.78 is 10.8. The van der Waals surface area contributed by atoms with E-state index in [0.29, 0.717) is 6.54 Å². The second-order valence-corrected chi connectivity index (χ2v) is 9.19. The first-order valence-electron chi connectivity index (χ1n) is 11.2. The van der Waals surface area contributed by atoms with Crippen LogP contribution in [0.1, 0.15) is 38.3 Å². The summed E-state index contributed by atoms with van der Waals surface area (Å²) in [5, 5.41) is 6.43. The maximum Gasteiger partial charge on any atom is 0.407 e. The number of likely N-dealkylation sites (tertiary alicyclic amines) is 1. The van der Waals surface area contributed by atoms with Crippen molar-refractivity contribution in [2.45, 2.75) is 51.9 Å². The second kappa shape index (κ2) is 10.8. The standard InChI is InChI=1S/C23H37N5O3/c1-23(2,3)31-22(29)26-20-8-9-28(17-20)21(24-4)25-15-18-6-5-7-19(14-18)16-27-10-12-30-13-11-27/h5-7,14,20H,8-13,15-17H2,1-4H3,(H,24,25)(H,26,29). The molecule has 0 saturated carbocycles. The molecule has 0 spiro atoms. The van der Waals surface area contributed by atoms with E-state index in [9.17, 15) is 4.79 Å². The van der Waals surface area contributed by atoms with E-state index in [0.717, 1.165) is 58.3 Å². The number of morpholine rings is 1. The monoisotopic (exact) mass is 431 g/mol. The lowest BCUT2D eigenvalue weighted by atomic mass is 10.1. The summed E-state index contributed by atoms with van der Waals surface area (Å²) in [4.78, 5) is 21.1. The van der Waals surface area contributed by atoms with Gasteiger partial charge in [0.2, 0.25) is 0 Å². The zero-order valence-electron chi connectivity index (χ0n) is 19.3. The van der Waals surface area contributed by atoms with Crippen molar-refractivity contribution in [3.8, 4) is 0 Å². The number of carbonyl (C=O) groups excluding carboxylic acids is 1. The SMILES string of the molecule is CN=C(NCc1cccc(CN2CCOCC2)c1)N1CCC(NC(=O)OC(C)(C)C)C1. The van der Waals surface area contributed by atoms with E-state index in [-0.39, 0.29) is 12.1 Å². The van der Waals surface area contributed by atoms with Crippen molar-refractivity contribution in [1.82, 2.24) is 20.4 Å². The van der Waals surface area contributed by atoms with Crippen LogP contribution < -0.4 is 10.6 Å². The molecule has 0 aromatic heterocycles. The largest absolute Gasteiger partial charge is 0.444 e. The van der Waals surface area contributed by atoms with Gasteiger partial charge in [-0.05, 0) is 38.3 Å². The fourth-order valence-corrected chi connectivity index (χ4v) is 3.91. The molecule has 0 bridgehead atoms. The lowest BCUT2D eigenvalue weighted by Crippen LogP contribution is -2.44. The van der Waals surface area contributed by atoms with Crippen LogP contribution in [0.5, 0.6) is 0 Å². The van der Waals surface area contributed by atoms with Crippen molar-refractivity contribution >= 4 is 12.1 Å². The van der Waals surface area contributed by atoms with Gasteiger partial charge in [0.05, 0.1) is 19.3 Å². The molecule has 2 saturated heterocycles. The van der Waals surface area contributed by atoms with E-state index < -0.39 is 5.60 Å². The molecule has 1 amide bonds. The number of rotatable bonds is 5. The number of aliphatic imine (C=N–C) groups is 1. The number of benzene rings is 1. The molecule has 1 aromatic rings. The molecular weight excluding hydrogens is 394 g/mol. The summed E-state index contributed by atoms with van der Waals surface area (Å²) >= 11 is 0. The number of guanidine groups is 1. The van der Waals surface area contributed by atoms with Gasteiger partial charge in [0.25, 0.3) is 0 Å². The predicted molar refractivity (Wildman–Crippen MR) is 122 cm³/mol. The summed E-state index contributed by atoms with van der Waals surface area (Å²) in [7, 11) is 1.80. The summed E-state index contributed by atoms with van der Waals surface area (Å²) in [5.41, 5.74) is 2.06. The quantitative estimate of drug-likeness (QED) is 0.550. The molecule has 3 rings (SSSR count). The van der Waals surface area contributed by atoms with Gasteiger partial charge in [-0.2, -0.15) is 0 Å². The number of amides is 1. The van der Waals surface area contributed by atoms with Gasteiger partial charge in [0.15, 0.2) is 5.96 Å². The van der Waals surface area contributed by atoms with Crippen LogP contribution in [0.25, 0.3) is 0 Å². The normalized spacial score (nSPS) is 20.6. The highest BCUT2D eigenvalue weighted by molar-refractivity contribution is 5.80. The topological polar surface area (TPSA) is 78.4 Å². The molecule has 0 aliphatic carbocycles. The van der Waals surface area contributed by atoms with Gasteiger partial charge in [-0.15, -0.1) is 0 Å². The smallest absolute Gasteiger partial charge is 0.407 e. The number of hydrogen-bond acceptors (Lipinski definition) is 5. The summed E-state index contributed by atoms with van der Waals surface area (Å²) in [5.74, 6) is 0.854. The number of nitrogens with zero attached hydrogens (tertiary/aromatic N) is 3. The zero-order valence-corrected chi connectivity index (χ0v) is 19.3. The van der Waals surface area contributed by atoms with Crippen molar-refractivity contribution in [3.63, 3.8) is 0 Å². The Kier molecular flexibility index (Phi) is 8.15. The molecule has 0 radical (unpaired) electrons. The van der Waals surface area contributed by atoms with Crippen LogP contribution >= 0.6 is 0 Å². The predicted octanol–water partition coefficient (Wildman–Crippen LogP) is 2.19. The molecule has 1 atom stereocenters. The van der Waals surface area contributed by atoms with Gasteiger partial charge in [-0.1, -0.05) is 24.3 Å². The Bertz CT molecular complexity index is 756. The highest BCUT2D eigenvalue weighted by Crippen LogP contribution is 2.13. The minimum Gasteiger partial charge on any atom is -0.444 e. The van der Waals surface area contributed by atoms with Crippen LogP contribution in [0.15, 0.2) is 29.3 Å². The lowest BCUT2D eigenvalue weighted by molar-refractivity contribution is 0.0342. The highest BCUT2D eigenvalue weighted by atomic mass is 16.6. The molecule has 172 valence electrons. The van der Waals surface area contributed by atoms with E-state index >= 15 is 0 Å².